The Hall–Kier alpha value is -2.04. The Morgan fingerprint density at radius 3 is 2.45 bits per heavy atom. The third-order valence-corrected chi connectivity index (χ3v) is 3.49. The van der Waals surface area contributed by atoms with Gasteiger partial charge < -0.3 is 13.9 Å². The highest BCUT2D eigenvalue weighted by Crippen LogP contribution is 2.24. The zero-order chi connectivity index (χ0) is 15.1. The summed E-state index contributed by atoms with van der Waals surface area (Å²) in [5.41, 5.74) is 1.74. The molecule has 0 saturated heterocycles. The van der Waals surface area contributed by atoms with Crippen LogP contribution in [0, 0.1) is 5.41 Å². The number of methoxy groups -OCH3 is 1. The van der Waals surface area contributed by atoms with Gasteiger partial charge in [0.05, 0.1) is 24.7 Å². The molecule has 0 amide bonds. The van der Waals surface area contributed by atoms with Gasteiger partial charge in [-0.25, -0.2) is 4.79 Å². The Morgan fingerprint density at radius 1 is 1.25 bits per heavy atom. The summed E-state index contributed by atoms with van der Waals surface area (Å²) in [4.78, 5) is 24.1. The summed E-state index contributed by atoms with van der Waals surface area (Å²) in [5, 5.41) is 0. The van der Waals surface area contributed by atoms with Crippen molar-refractivity contribution in [3.8, 4) is 0 Å². The van der Waals surface area contributed by atoms with E-state index in [0.717, 1.165) is 11.0 Å². The average Bonchev–Trinajstić information content (AvgIpc) is 2.89. The Balaban J connectivity index is 2.54. The number of hydrogen-bond acceptors (Lipinski definition) is 3. The van der Waals surface area contributed by atoms with Crippen LogP contribution >= 0.6 is 0 Å². The fraction of sp³-hybridized carbons (Fsp3) is 0.467. The van der Waals surface area contributed by atoms with Crippen LogP contribution in [-0.2, 0) is 23.1 Å². The predicted octanol–water partition coefficient (Wildman–Crippen LogP) is 2.38. The number of carbonyl (C=O) groups excluding carboxylic acids is 2. The van der Waals surface area contributed by atoms with E-state index >= 15 is 0 Å². The monoisotopic (exact) mass is 276 g/mol. The first-order valence-electron chi connectivity index (χ1n) is 6.52. The molecule has 0 aromatic carbocycles. The maximum atomic E-state index is 12.3. The number of aromatic nitrogens is 2. The molecule has 0 unspecified atom stereocenters. The Morgan fingerprint density at radius 2 is 1.90 bits per heavy atom. The molecule has 0 aliphatic heterocycles. The molecule has 0 saturated carbocycles. The van der Waals surface area contributed by atoms with Crippen LogP contribution in [0.2, 0.25) is 0 Å². The number of hydrogen-bond donors (Lipinski definition) is 0. The zero-order valence-corrected chi connectivity index (χ0v) is 12.6. The summed E-state index contributed by atoms with van der Waals surface area (Å²) in [6, 6.07) is 3.66. The third kappa shape index (κ3) is 2.35. The molecule has 2 aromatic rings. The van der Waals surface area contributed by atoms with Crippen molar-refractivity contribution < 1.29 is 14.3 Å². The second kappa shape index (κ2) is 4.81. The molecule has 2 heterocycles. The van der Waals surface area contributed by atoms with Crippen LogP contribution in [0.4, 0.5) is 0 Å². The average molecular weight is 276 g/mol. The largest absolute Gasteiger partial charge is 0.464 e. The lowest BCUT2D eigenvalue weighted by atomic mass is 9.91. The van der Waals surface area contributed by atoms with E-state index in [0.29, 0.717) is 5.69 Å². The molecule has 0 bridgehead atoms. The summed E-state index contributed by atoms with van der Waals surface area (Å²) < 4.78 is 8.45. The maximum Gasteiger partial charge on any atom is 0.354 e. The lowest BCUT2D eigenvalue weighted by molar-refractivity contribution is -0.126. The molecule has 5 nitrogen and oxygen atoms in total. The van der Waals surface area contributed by atoms with E-state index in [4.69, 9.17) is 4.74 Å². The van der Waals surface area contributed by atoms with E-state index in [2.05, 4.69) is 0 Å². The van der Waals surface area contributed by atoms with Gasteiger partial charge in [-0.15, -0.1) is 0 Å². The minimum Gasteiger partial charge on any atom is -0.464 e. The van der Waals surface area contributed by atoms with Gasteiger partial charge in [0.1, 0.15) is 5.69 Å². The molecule has 0 aliphatic rings. The van der Waals surface area contributed by atoms with Gasteiger partial charge >= 0.3 is 5.97 Å². The van der Waals surface area contributed by atoms with Gasteiger partial charge in [0.2, 0.25) is 0 Å². The lowest BCUT2D eigenvalue weighted by Gasteiger charge is -2.18. The molecular formula is C15H20N2O3. The smallest absolute Gasteiger partial charge is 0.354 e. The van der Waals surface area contributed by atoms with Crippen LogP contribution in [-0.4, -0.2) is 28.0 Å². The minimum atomic E-state index is -0.446. The van der Waals surface area contributed by atoms with Gasteiger partial charge in [0, 0.05) is 18.7 Å². The summed E-state index contributed by atoms with van der Waals surface area (Å²) >= 11 is 0. The van der Waals surface area contributed by atoms with Gasteiger partial charge in [-0.05, 0) is 12.1 Å². The second-order valence-corrected chi connectivity index (χ2v) is 5.98. The topological polar surface area (TPSA) is 53.2 Å². The quantitative estimate of drug-likeness (QED) is 0.809. The molecular weight excluding hydrogens is 256 g/mol. The van der Waals surface area contributed by atoms with Crippen molar-refractivity contribution >= 4 is 22.8 Å². The molecule has 0 aliphatic carbocycles. The van der Waals surface area contributed by atoms with Crippen LogP contribution in [0.15, 0.2) is 18.3 Å². The maximum absolute atomic E-state index is 12.3. The highest BCUT2D eigenvalue weighted by Gasteiger charge is 2.25. The van der Waals surface area contributed by atoms with E-state index in [1.807, 2.05) is 44.6 Å². The number of carbonyl (C=O) groups is 2. The first-order chi connectivity index (χ1) is 9.25. The van der Waals surface area contributed by atoms with Crippen LogP contribution in [0.1, 0.15) is 31.3 Å². The van der Waals surface area contributed by atoms with Crippen molar-refractivity contribution in [1.29, 1.82) is 0 Å². The van der Waals surface area contributed by atoms with Gasteiger partial charge in [0.15, 0.2) is 5.78 Å². The number of nitrogens with zero attached hydrogens (tertiary/aromatic N) is 2. The first kappa shape index (κ1) is 14.4. The Labute approximate surface area is 118 Å². The van der Waals surface area contributed by atoms with Crippen LogP contribution in [0.5, 0.6) is 0 Å². The Kier molecular flexibility index (Phi) is 3.46. The number of rotatable bonds is 3. The summed E-state index contributed by atoms with van der Waals surface area (Å²) in [5.74, 6) is -0.355. The molecule has 20 heavy (non-hydrogen) atoms. The predicted molar refractivity (Wildman–Crippen MR) is 76.7 cm³/mol. The van der Waals surface area contributed by atoms with E-state index in [1.165, 1.54) is 7.11 Å². The van der Waals surface area contributed by atoms with Gasteiger partial charge in [-0.2, -0.15) is 0 Å². The van der Waals surface area contributed by atoms with E-state index < -0.39 is 11.4 Å². The van der Waals surface area contributed by atoms with Crippen molar-refractivity contribution in [2.45, 2.75) is 27.3 Å². The van der Waals surface area contributed by atoms with Crippen LogP contribution < -0.4 is 0 Å². The third-order valence-electron chi connectivity index (χ3n) is 3.49. The van der Waals surface area contributed by atoms with Crippen molar-refractivity contribution in [3.63, 3.8) is 0 Å². The first-order valence-corrected chi connectivity index (χ1v) is 6.52. The highest BCUT2D eigenvalue weighted by molar-refractivity contribution is 5.96. The number of ketones is 1. The highest BCUT2D eigenvalue weighted by atomic mass is 16.5. The number of esters is 1. The van der Waals surface area contributed by atoms with Crippen LogP contribution in [0.25, 0.3) is 11.0 Å². The van der Waals surface area contributed by atoms with Crippen molar-refractivity contribution in [2.24, 2.45) is 12.5 Å². The molecule has 0 radical (unpaired) electrons. The van der Waals surface area contributed by atoms with Gasteiger partial charge in [-0.3, -0.25) is 4.79 Å². The standard InChI is InChI=1S/C15H20N2O3/c1-15(2,3)13(18)9-17-10-6-7-16(4)11(10)8-12(17)14(19)20-5/h6-8H,9H2,1-5H3. The molecule has 2 aromatic heterocycles. The molecule has 2 rings (SSSR count). The van der Waals surface area contributed by atoms with Crippen molar-refractivity contribution in [1.82, 2.24) is 9.13 Å². The zero-order valence-electron chi connectivity index (χ0n) is 12.6. The number of aryl methyl sites for hydroxylation is 1. The second-order valence-electron chi connectivity index (χ2n) is 5.98. The van der Waals surface area contributed by atoms with Gasteiger partial charge in [-0.1, -0.05) is 20.8 Å². The molecule has 0 atom stereocenters. The molecule has 5 heteroatoms. The number of fused-ring (bicyclic) bond motifs is 1. The van der Waals surface area contributed by atoms with Gasteiger partial charge in [0.25, 0.3) is 0 Å². The summed E-state index contributed by atoms with van der Waals surface area (Å²) in [6.07, 6.45) is 1.91. The normalized spacial score (nSPS) is 11.8. The minimum absolute atomic E-state index is 0.0732. The van der Waals surface area contributed by atoms with Crippen LogP contribution in [0.3, 0.4) is 0 Å². The molecule has 0 fully saturated rings. The SMILES string of the molecule is COC(=O)c1cc2c(ccn2C)n1CC(=O)C(C)(C)C. The molecule has 108 valence electrons. The fourth-order valence-electron chi connectivity index (χ4n) is 2.09. The van der Waals surface area contributed by atoms with E-state index in [1.54, 1.807) is 10.6 Å². The molecule has 0 spiro atoms. The fourth-order valence-corrected chi connectivity index (χ4v) is 2.09. The number of Topliss-reactive ketones (excluding diaryl/α,β-unsaturated/α-hetero) is 1. The van der Waals surface area contributed by atoms with Crippen molar-refractivity contribution in [2.75, 3.05) is 7.11 Å². The van der Waals surface area contributed by atoms with E-state index in [9.17, 15) is 9.59 Å². The lowest BCUT2D eigenvalue weighted by Crippen LogP contribution is -2.26. The van der Waals surface area contributed by atoms with Crippen molar-refractivity contribution in [3.05, 3.63) is 24.0 Å². The van der Waals surface area contributed by atoms with E-state index in [-0.39, 0.29) is 12.3 Å². The number of ether oxygens (including phenoxy) is 1. The molecule has 0 N–H and O–H groups in total. The summed E-state index contributed by atoms with van der Waals surface area (Å²) in [6.45, 7) is 5.79. The summed E-state index contributed by atoms with van der Waals surface area (Å²) in [7, 11) is 3.25. The Bertz CT molecular complexity index is 671.